The highest BCUT2D eigenvalue weighted by Crippen LogP contribution is 2.00. The van der Waals surface area contributed by atoms with Gasteiger partial charge in [0.05, 0.1) is 6.07 Å². The molecule has 0 bridgehead atoms. The minimum atomic E-state index is -0.138. The standard InChI is InChI=1S/C5H7NO2.C2H3N/c7-4-2-1-3-5(8)6-4;1-2-3/h1-3H2,(H,6,7,8);1H3. The van der Waals surface area contributed by atoms with E-state index in [0.29, 0.717) is 19.3 Å². The molecule has 4 heteroatoms. The molecule has 0 aromatic carbocycles. The second kappa shape index (κ2) is 5.42. The lowest BCUT2D eigenvalue weighted by Gasteiger charge is -2.07. The molecular weight excluding hydrogens is 144 g/mol. The summed E-state index contributed by atoms with van der Waals surface area (Å²) in [6.45, 7) is 1.43. The molecule has 1 fully saturated rings. The molecule has 4 nitrogen and oxygen atoms in total. The molecule has 0 aromatic heterocycles. The highest BCUT2D eigenvalue weighted by atomic mass is 16.2. The fourth-order valence-corrected chi connectivity index (χ4v) is 0.690. The molecule has 0 aromatic rings. The largest absolute Gasteiger partial charge is 0.296 e. The molecule has 1 N–H and O–H groups in total. The maximum absolute atomic E-state index is 10.3. The van der Waals surface area contributed by atoms with Crippen molar-refractivity contribution in [3.63, 3.8) is 0 Å². The van der Waals surface area contributed by atoms with Crippen LogP contribution >= 0.6 is 0 Å². The molecule has 11 heavy (non-hydrogen) atoms. The Hall–Kier alpha value is -1.37. The lowest BCUT2D eigenvalue weighted by atomic mass is 10.1. The Morgan fingerprint density at radius 2 is 1.73 bits per heavy atom. The fraction of sp³-hybridized carbons (Fsp3) is 0.571. The summed E-state index contributed by atoms with van der Waals surface area (Å²) >= 11 is 0. The third-order valence-electron chi connectivity index (χ3n) is 1.09. The number of hydrogen-bond donors (Lipinski definition) is 1. The van der Waals surface area contributed by atoms with Gasteiger partial charge in [-0.15, -0.1) is 0 Å². The van der Waals surface area contributed by atoms with Crippen LogP contribution in [0.5, 0.6) is 0 Å². The van der Waals surface area contributed by atoms with E-state index in [4.69, 9.17) is 5.26 Å². The number of carbonyl (C=O) groups is 2. The summed E-state index contributed by atoms with van der Waals surface area (Å²) < 4.78 is 0. The quantitative estimate of drug-likeness (QED) is 0.511. The number of carbonyl (C=O) groups excluding carboxylic acids is 2. The van der Waals surface area contributed by atoms with Crippen LogP contribution in [0.1, 0.15) is 26.2 Å². The SMILES string of the molecule is CC#N.O=C1CCCC(=O)N1. The molecule has 60 valence electrons. The number of nitrogens with zero attached hydrogens (tertiary/aromatic N) is 1. The van der Waals surface area contributed by atoms with Gasteiger partial charge in [0.2, 0.25) is 11.8 Å². The van der Waals surface area contributed by atoms with Crippen LogP contribution < -0.4 is 5.32 Å². The van der Waals surface area contributed by atoms with E-state index in [1.807, 2.05) is 0 Å². The van der Waals surface area contributed by atoms with Crippen molar-refractivity contribution < 1.29 is 9.59 Å². The van der Waals surface area contributed by atoms with Crippen molar-refractivity contribution in [3.8, 4) is 6.07 Å². The fourth-order valence-electron chi connectivity index (χ4n) is 0.690. The Morgan fingerprint density at radius 3 is 1.91 bits per heavy atom. The molecule has 1 saturated heterocycles. The van der Waals surface area contributed by atoms with Crippen LogP contribution in [-0.2, 0) is 9.59 Å². The molecule has 2 amide bonds. The number of nitriles is 1. The van der Waals surface area contributed by atoms with E-state index in [1.165, 1.54) is 6.92 Å². The molecule has 1 heterocycles. The van der Waals surface area contributed by atoms with Gasteiger partial charge in [0, 0.05) is 19.8 Å². The summed E-state index contributed by atoms with van der Waals surface area (Å²) in [7, 11) is 0. The van der Waals surface area contributed by atoms with Crippen molar-refractivity contribution >= 4 is 11.8 Å². The smallest absolute Gasteiger partial charge is 0.226 e. The maximum atomic E-state index is 10.3. The first-order valence-corrected chi connectivity index (χ1v) is 3.34. The van der Waals surface area contributed by atoms with Crippen LogP contribution in [0.4, 0.5) is 0 Å². The van der Waals surface area contributed by atoms with E-state index in [9.17, 15) is 9.59 Å². The Balaban J connectivity index is 0.000000292. The number of rotatable bonds is 0. The van der Waals surface area contributed by atoms with Crippen molar-refractivity contribution in [2.24, 2.45) is 0 Å². The number of imide groups is 1. The van der Waals surface area contributed by atoms with Crippen molar-refractivity contribution in [1.29, 1.82) is 5.26 Å². The Morgan fingerprint density at radius 1 is 1.36 bits per heavy atom. The Kier molecular flexibility index (Phi) is 4.74. The van der Waals surface area contributed by atoms with Gasteiger partial charge in [-0.1, -0.05) is 0 Å². The van der Waals surface area contributed by atoms with Crippen LogP contribution in [-0.4, -0.2) is 11.8 Å². The predicted molar refractivity (Wildman–Crippen MR) is 38.3 cm³/mol. The number of piperidine rings is 1. The summed E-state index contributed by atoms with van der Waals surface area (Å²) in [6, 6.07) is 1.75. The highest BCUT2D eigenvalue weighted by molar-refractivity contribution is 5.97. The van der Waals surface area contributed by atoms with Crippen molar-refractivity contribution in [2.45, 2.75) is 26.2 Å². The van der Waals surface area contributed by atoms with Crippen molar-refractivity contribution in [3.05, 3.63) is 0 Å². The second-order valence-electron chi connectivity index (χ2n) is 2.05. The van der Waals surface area contributed by atoms with E-state index >= 15 is 0 Å². The van der Waals surface area contributed by atoms with Gasteiger partial charge in [-0.3, -0.25) is 14.9 Å². The van der Waals surface area contributed by atoms with Crippen LogP contribution in [0.15, 0.2) is 0 Å². The van der Waals surface area contributed by atoms with E-state index in [1.54, 1.807) is 6.07 Å². The number of amides is 2. The normalized spacial score (nSPS) is 15.6. The molecule has 1 aliphatic rings. The van der Waals surface area contributed by atoms with Gasteiger partial charge in [0.1, 0.15) is 0 Å². The van der Waals surface area contributed by atoms with Gasteiger partial charge >= 0.3 is 0 Å². The van der Waals surface area contributed by atoms with Gasteiger partial charge in [-0.2, -0.15) is 5.26 Å². The molecule has 0 atom stereocenters. The van der Waals surface area contributed by atoms with E-state index in [0.717, 1.165) is 0 Å². The first-order chi connectivity index (χ1) is 5.20. The molecule has 1 rings (SSSR count). The molecule has 0 aliphatic carbocycles. The molecule has 0 saturated carbocycles. The zero-order valence-corrected chi connectivity index (χ0v) is 6.39. The second-order valence-corrected chi connectivity index (χ2v) is 2.05. The lowest BCUT2D eigenvalue weighted by molar-refractivity contribution is -0.132. The molecule has 0 unspecified atom stereocenters. The lowest BCUT2D eigenvalue weighted by Crippen LogP contribution is -2.33. The highest BCUT2D eigenvalue weighted by Gasteiger charge is 2.12. The van der Waals surface area contributed by atoms with Crippen molar-refractivity contribution in [1.82, 2.24) is 5.32 Å². The average Bonchev–Trinajstić information content (AvgIpc) is 1.88. The van der Waals surface area contributed by atoms with E-state index in [2.05, 4.69) is 5.32 Å². The van der Waals surface area contributed by atoms with E-state index in [-0.39, 0.29) is 11.8 Å². The average molecular weight is 154 g/mol. The molecule has 0 radical (unpaired) electrons. The van der Waals surface area contributed by atoms with Crippen molar-refractivity contribution in [2.75, 3.05) is 0 Å². The summed E-state index contributed by atoms with van der Waals surface area (Å²) in [5.74, 6) is -0.275. The van der Waals surface area contributed by atoms with Gasteiger partial charge in [-0.25, -0.2) is 0 Å². The molecule has 0 spiro atoms. The zero-order chi connectivity index (χ0) is 8.69. The zero-order valence-electron chi connectivity index (χ0n) is 6.39. The van der Waals surface area contributed by atoms with Crippen LogP contribution in [0.3, 0.4) is 0 Å². The minimum absolute atomic E-state index is 0.138. The van der Waals surface area contributed by atoms with Gasteiger partial charge in [-0.05, 0) is 6.42 Å². The molecular formula is C7H10N2O2. The van der Waals surface area contributed by atoms with Gasteiger partial charge < -0.3 is 0 Å². The monoisotopic (exact) mass is 154 g/mol. The Labute approximate surface area is 65.2 Å². The van der Waals surface area contributed by atoms with Gasteiger partial charge in [0.25, 0.3) is 0 Å². The molecule has 1 aliphatic heterocycles. The first-order valence-electron chi connectivity index (χ1n) is 3.34. The summed E-state index contributed by atoms with van der Waals surface area (Å²) in [5.41, 5.74) is 0. The summed E-state index contributed by atoms with van der Waals surface area (Å²) in [4.78, 5) is 20.7. The van der Waals surface area contributed by atoms with E-state index < -0.39 is 0 Å². The predicted octanol–water partition coefficient (Wildman–Crippen LogP) is 0.343. The number of hydrogen-bond acceptors (Lipinski definition) is 3. The number of nitrogens with one attached hydrogen (secondary N) is 1. The first kappa shape index (κ1) is 9.63. The van der Waals surface area contributed by atoms with Crippen LogP contribution in [0.2, 0.25) is 0 Å². The maximum Gasteiger partial charge on any atom is 0.226 e. The summed E-state index contributed by atoms with van der Waals surface area (Å²) in [6.07, 6.45) is 1.72. The topological polar surface area (TPSA) is 70.0 Å². The van der Waals surface area contributed by atoms with Crippen LogP contribution in [0.25, 0.3) is 0 Å². The third kappa shape index (κ3) is 5.09. The third-order valence-corrected chi connectivity index (χ3v) is 1.09. The van der Waals surface area contributed by atoms with Gasteiger partial charge in [0.15, 0.2) is 0 Å². The van der Waals surface area contributed by atoms with Crippen LogP contribution in [0, 0.1) is 11.3 Å². The summed E-state index contributed by atoms with van der Waals surface area (Å²) in [5, 5.41) is 9.52. The minimum Gasteiger partial charge on any atom is -0.296 e. The Bertz CT molecular complexity index is 179.